The van der Waals surface area contributed by atoms with Crippen molar-refractivity contribution in [2.75, 3.05) is 10.6 Å². The minimum Gasteiger partial charge on any atom is -0.344 e. The van der Waals surface area contributed by atoms with Gasteiger partial charge >= 0.3 is 0 Å². The lowest BCUT2D eigenvalue weighted by molar-refractivity contribution is -0.138. The highest BCUT2D eigenvalue weighted by atomic mass is 32.1. The predicted octanol–water partition coefficient (Wildman–Crippen LogP) is 1.29. The highest BCUT2D eigenvalue weighted by Crippen LogP contribution is 2.32. The van der Waals surface area contributed by atoms with E-state index < -0.39 is 47.3 Å². The van der Waals surface area contributed by atoms with Gasteiger partial charge in [0.15, 0.2) is 22.3 Å². The average Bonchev–Trinajstić information content (AvgIpc) is 3.54. The zero-order valence-corrected chi connectivity index (χ0v) is 26.9. The molecule has 0 aromatic heterocycles. The fourth-order valence-electron chi connectivity index (χ4n) is 5.54. The number of carbonyl (C=O) groups excluding carboxylic acids is 6. The standard InChI is InChI=1S/C31H34N6O6S2/c1-5-14-9-11-16(18(7-3)20(14)32-28(42)24(38)22-26(40)36-30(44)34-22)13-17-12-10-15(6-2)21(19(17)8-4)33-29(43)25(39)23-27(41)37-31(45)35-23/h9-12,22-23H,5-8,13H2,1-4H3,(H,32,42)(H,33,43)(H2,34,36,40,44)(H2,35,37,41,45)/t22-,23-/m0/s1. The van der Waals surface area contributed by atoms with Crippen molar-refractivity contribution in [2.45, 2.75) is 71.9 Å². The minimum absolute atomic E-state index is 0.0119. The normalized spacial score (nSPS) is 17.2. The number of Topliss-reactive ketones (excluding diaryl/α,β-unsaturated/α-hetero) is 2. The summed E-state index contributed by atoms with van der Waals surface area (Å²) < 4.78 is 0. The molecule has 2 atom stereocenters. The minimum atomic E-state index is -1.39. The molecule has 12 nitrogen and oxygen atoms in total. The van der Waals surface area contributed by atoms with E-state index in [0.717, 1.165) is 33.4 Å². The maximum absolute atomic E-state index is 13.0. The third-order valence-corrected chi connectivity index (χ3v) is 8.28. The van der Waals surface area contributed by atoms with E-state index in [1.165, 1.54) is 0 Å². The van der Waals surface area contributed by atoms with E-state index >= 15 is 0 Å². The first-order chi connectivity index (χ1) is 21.4. The van der Waals surface area contributed by atoms with Gasteiger partial charge in [-0.05, 0) is 89.9 Å². The van der Waals surface area contributed by atoms with Gasteiger partial charge in [0, 0.05) is 11.4 Å². The first-order valence-corrected chi connectivity index (χ1v) is 15.5. The molecule has 2 aromatic carbocycles. The number of amides is 4. The molecular formula is C31H34N6O6S2. The van der Waals surface area contributed by atoms with Gasteiger partial charge in [-0.2, -0.15) is 0 Å². The number of benzene rings is 2. The van der Waals surface area contributed by atoms with Gasteiger partial charge in [0.1, 0.15) is 0 Å². The van der Waals surface area contributed by atoms with E-state index in [-0.39, 0.29) is 10.2 Å². The van der Waals surface area contributed by atoms with Gasteiger partial charge < -0.3 is 31.9 Å². The third-order valence-electron chi connectivity index (χ3n) is 7.84. The van der Waals surface area contributed by atoms with Crippen LogP contribution in [0.1, 0.15) is 61.1 Å². The highest BCUT2D eigenvalue weighted by molar-refractivity contribution is 7.80. The fourth-order valence-corrected chi connectivity index (χ4v) is 5.98. The van der Waals surface area contributed by atoms with Crippen LogP contribution >= 0.6 is 24.4 Å². The number of hydrogen-bond acceptors (Lipinski definition) is 8. The molecule has 2 saturated heterocycles. The number of aryl methyl sites for hydroxylation is 2. The molecule has 4 amide bonds. The van der Waals surface area contributed by atoms with Crippen molar-refractivity contribution in [2.24, 2.45) is 0 Å². The van der Waals surface area contributed by atoms with Gasteiger partial charge in [-0.25, -0.2) is 0 Å². The van der Waals surface area contributed by atoms with Gasteiger partial charge in [0.05, 0.1) is 0 Å². The van der Waals surface area contributed by atoms with Crippen LogP contribution in [0.25, 0.3) is 0 Å². The summed E-state index contributed by atoms with van der Waals surface area (Å²) in [6.45, 7) is 7.75. The van der Waals surface area contributed by atoms with Crippen molar-refractivity contribution < 1.29 is 28.8 Å². The maximum atomic E-state index is 13.0. The topological polar surface area (TPSA) is 175 Å². The summed E-state index contributed by atoms with van der Waals surface area (Å²) in [4.78, 5) is 75.9. The Hall–Kier alpha value is -4.56. The molecule has 4 rings (SSSR count). The molecule has 2 aliphatic rings. The lowest BCUT2D eigenvalue weighted by Gasteiger charge is -2.22. The Labute approximate surface area is 270 Å². The predicted molar refractivity (Wildman–Crippen MR) is 176 cm³/mol. The lowest BCUT2D eigenvalue weighted by Crippen LogP contribution is -2.44. The largest absolute Gasteiger partial charge is 0.344 e. The quantitative estimate of drug-likeness (QED) is 0.112. The Balaban J connectivity index is 1.66. The van der Waals surface area contributed by atoms with Crippen LogP contribution in [0.2, 0.25) is 0 Å². The summed E-state index contributed by atoms with van der Waals surface area (Å²) in [7, 11) is 0. The molecule has 236 valence electrons. The molecule has 2 fully saturated rings. The van der Waals surface area contributed by atoms with Crippen molar-refractivity contribution in [1.82, 2.24) is 21.3 Å². The van der Waals surface area contributed by atoms with Crippen molar-refractivity contribution in [1.29, 1.82) is 0 Å². The second-order valence-corrected chi connectivity index (χ2v) is 11.3. The third kappa shape index (κ3) is 6.91. The fraction of sp³-hybridized carbons (Fsp3) is 0.355. The zero-order valence-electron chi connectivity index (χ0n) is 25.3. The Morgan fingerprint density at radius 2 is 0.978 bits per heavy atom. The number of rotatable bonds is 12. The molecule has 0 radical (unpaired) electrons. The molecule has 14 heteroatoms. The molecule has 0 saturated carbocycles. The molecule has 45 heavy (non-hydrogen) atoms. The summed E-state index contributed by atoms with van der Waals surface area (Å²) in [5, 5.41) is 15.2. The molecule has 0 unspecified atom stereocenters. The van der Waals surface area contributed by atoms with Crippen LogP contribution < -0.4 is 31.9 Å². The van der Waals surface area contributed by atoms with E-state index in [9.17, 15) is 28.8 Å². The Morgan fingerprint density at radius 1 is 0.622 bits per heavy atom. The van der Waals surface area contributed by atoms with Crippen LogP contribution in [0.3, 0.4) is 0 Å². The van der Waals surface area contributed by atoms with Crippen LogP contribution in [-0.2, 0) is 60.9 Å². The van der Waals surface area contributed by atoms with E-state index in [1.807, 2.05) is 52.0 Å². The van der Waals surface area contributed by atoms with E-state index in [2.05, 4.69) is 31.9 Å². The summed E-state index contributed by atoms with van der Waals surface area (Å²) in [6, 6.07) is 4.94. The first kappa shape index (κ1) is 33.3. The maximum Gasteiger partial charge on any atom is 0.294 e. The van der Waals surface area contributed by atoms with Gasteiger partial charge in [-0.15, -0.1) is 0 Å². The average molecular weight is 651 g/mol. The number of ketones is 2. The van der Waals surface area contributed by atoms with Crippen LogP contribution in [0.4, 0.5) is 11.4 Å². The van der Waals surface area contributed by atoms with Crippen molar-refractivity contribution >= 4 is 81.2 Å². The van der Waals surface area contributed by atoms with Crippen molar-refractivity contribution in [3.8, 4) is 0 Å². The molecule has 2 aliphatic heterocycles. The van der Waals surface area contributed by atoms with Crippen molar-refractivity contribution in [3.05, 3.63) is 57.6 Å². The smallest absolute Gasteiger partial charge is 0.294 e. The molecule has 6 N–H and O–H groups in total. The molecular weight excluding hydrogens is 617 g/mol. The number of nitrogens with one attached hydrogen (secondary N) is 6. The van der Waals surface area contributed by atoms with Crippen LogP contribution in [0, 0.1) is 0 Å². The van der Waals surface area contributed by atoms with Gasteiger partial charge in [0.2, 0.25) is 0 Å². The molecule has 2 aromatic rings. The van der Waals surface area contributed by atoms with E-state index in [1.54, 1.807) is 0 Å². The molecule has 0 spiro atoms. The Kier molecular flexibility index (Phi) is 10.4. The second-order valence-electron chi connectivity index (χ2n) is 10.5. The van der Waals surface area contributed by atoms with Crippen LogP contribution in [-0.4, -0.2) is 57.5 Å². The second kappa shape index (κ2) is 14.0. The first-order valence-electron chi connectivity index (χ1n) is 14.6. The highest BCUT2D eigenvalue weighted by Gasteiger charge is 2.39. The van der Waals surface area contributed by atoms with Gasteiger partial charge in [-0.3, -0.25) is 28.8 Å². The van der Waals surface area contributed by atoms with Crippen LogP contribution in [0.5, 0.6) is 0 Å². The van der Waals surface area contributed by atoms with Crippen molar-refractivity contribution in [3.63, 3.8) is 0 Å². The summed E-state index contributed by atoms with van der Waals surface area (Å²) in [5.41, 5.74) is 6.11. The SMILES string of the molecule is CCc1ccc(Cc2ccc(CC)c(NC(=O)C(=O)[C@@H]3NC(=S)NC3=O)c2CC)c(CC)c1NC(=O)C(=O)[C@@H]1NC(=S)NC1=O. The number of anilines is 2. The number of hydrogen-bond donors (Lipinski definition) is 6. The number of carbonyl (C=O) groups is 6. The summed E-state index contributed by atoms with van der Waals surface area (Å²) in [5.74, 6) is -5.13. The molecule has 0 aliphatic carbocycles. The number of thiocarbonyl (C=S) groups is 2. The lowest BCUT2D eigenvalue weighted by atomic mass is 9.89. The Bertz CT molecular complexity index is 1540. The summed E-state index contributed by atoms with van der Waals surface area (Å²) in [6.07, 6.45) is 2.65. The van der Waals surface area contributed by atoms with E-state index in [4.69, 9.17) is 24.4 Å². The molecule has 0 bridgehead atoms. The Morgan fingerprint density at radius 3 is 1.27 bits per heavy atom. The van der Waals surface area contributed by atoms with Crippen LogP contribution in [0.15, 0.2) is 24.3 Å². The molecule has 2 heterocycles. The monoisotopic (exact) mass is 650 g/mol. The zero-order chi connectivity index (χ0) is 33.0. The van der Waals surface area contributed by atoms with E-state index in [0.29, 0.717) is 43.5 Å². The van der Waals surface area contributed by atoms with Gasteiger partial charge in [-0.1, -0.05) is 52.0 Å². The summed E-state index contributed by atoms with van der Waals surface area (Å²) >= 11 is 9.78. The van der Waals surface area contributed by atoms with Gasteiger partial charge in [0.25, 0.3) is 35.2 Å².